The summed E-state index contributed by atoms with van der Waals surface area (Å²) in [4.78, 5) is 37.7. The van der Waals surface area contributed by atoms with Crippen LogP contribution in [0.1, 0.15) is 44.0 Å². The SMILES string of the molecule is CC(C)(C)OC(=O)N1CCC(C(=O)NNC(=O)c2ccccc2)CC1. The summed E-state index contributed by atoms with van der Waals surface area (Å²) in [6.45, 7) is 6.38. The Bertz CT molecular complexity index is 617. The highest BCUT2D eigenvalue weighted by molar-refractivity contribution is 5.95. The highest BCUT2D eigenvalue weighted by Gasteiger charge is 2.30. The molecule has 2 rings (SSSR count). The summed E-state index contributed by atoms with van der Waals surface area (Å²) in [5, 5.41) is 0. The third-order valence-electron chi connectivity index (χ3n) is 3.85. The monoisotopic (exact) mass is 347 g/mol. The maximum absolute atomic E-state index is 12.2. The van der Waals surface area contributed by atoms with Crippen LogP contribution in [0.5, 0.6) is 0 Å². The van der Waals surface area contributed by atoms with Crippen molar-refractivity contribution in [1.82, 2.24) is 15.8 Å². The summed E-state index contributed by atoms with van der Waals surface area (Å²) in [6, 6.07) is 8.65. The molecule has 1 saturated heterocycles. The molecule has 1 heterocycles. The Balaban J connectivity index is 1.76. The van der Waals surface area contributed by atoms with Crippen LogP contribution in [0.15, 0.2) is 30.3 Å². The van der Waals surface area contributed by atoms with Crippen LogP contribution in [0.4, 0.5) is 4.79 Å². The minimum Gasteiger partial charge on any atom is -0.444 e. The Morgan fingerprint density at radius 1 is 1.04 bits per heavy atom. The summed E-state index contributed by atoms with van der Waals surface area (Å²) < 4.78 is 5.33. The van der Waals surface area contributed by atoms with E-state index in [9.17, 15) is 14.4 Å². The zero-order chi connectivity index (χ0) is 18.4. The molecule has 1 aliphatic heterocycles. The van der Waals surface area contributed by atoms with E-state index in [1.807, 2.05) is 26.8 Å². The van der Waals surface area contributed by atoms with E-state index < -0.39 is 5.60 Å². The van der Waals surface area contributed by atoms with Gasteiger partial charge in [-0.2, -0.15) is 0 Å². The smallest absolute Gasteiger partial charge is 0.410 e. The lowest BCUT2D eigenvalue weighted by Crippen LogP contribution is -2.48. The fraction of sp³-hybridized carbons (Fsp3) is 0.500. The number of likely N-dealkylation sites (tertiary alicyclic amines) is 1. The van der Waals surface area contributed by atoms with Crippen LogP contribution in [-0.4, -0.2) is 41.5 Å². The van der Waals surface area contributed by atoms with Gasteiger partial charge in [-0.25, -0.2) is 4.79 Å². The number of carbonyl (C=O) groups excluding carboxylic acids is 3. The van der Waals surface area contributed by atoms with Gasteiger partial charge in [0.1, 0.15) is 5.60 Å². The molecule has 0 unspecified atom stereocenters. The predicted octanol–water partition coefficient (Wildman–Crippen LogP) is 2.09. The van der Waals surface area contributed by atoms with E-state index in [0.29, 0.717) is 31.5 Å². The first-order valence-electron chi connectivity index (χ1n) is 8.39. The van der Waals surface area contributed by atoms with Gasteiger partial charge in [0.2, 0.25) is 5.91 Å². The summed E-state index contributed by atoms with van der Waals surface area (Å²) in [5.74, 6) is -0.844. The number of amides is 3. The lowest BCUT2D eigenvalue weighted by atomic mass is 9.96. The first-order chi connectivity index (χ1) is 11.8. The number of rotatable bonds is 2. The van der Waals surface area contributed by atoms with Gasteiger partial charge < -0.3 is 9.64 Å². The first-order valence-corrected chi connectivity index (χ1v) is 8.39. The van der Waals surface area contributed by atoms with Gasteiger partial charge in [0, 0.05) is 24.6 Å². The van der Waals surface area contributed by atoms with Crippen LogP contribution in [0, 0.1) is 5.92 Å². The standard InChI is InChI=1S/C18H25N3O4/c1-18(2,3)25-17(24)21-11-9-14(10-12-21)16(23)20-19-15(22)13-7-5-4-6-8-13/h4-8,14H,9-12H2,1-3H3,(H,19,22)(H,20,23). The first kappa shape index (κ1) is 18.8. The summed E-state index contributed by atoms with van der Waals surface area (Å²) in [5.41, 5.74) is 4.82. The van der Waals surface area contributed by atoms with Gasteiger partial charge in [0.15, 0.2) is 0 Å². The predicted molar refractivity (Wildman–Crippen MR) is 92.6 cm³/mol. The van der Waals surface area contributed by atoms with Crippen molar-refractivity contribution in [2.45, 2.75) is 39.2 Å². The fourth-order valence-corrected chi connectivity index (χ4v) is 2.53. The zero-order valence-corrected chi connectivity index (χ0v) is 14.9. The Kier molecular flexibility index (Phi) is 6.01. The van der Waals surface area contributed by atoms with Crippen molar-refractivity contribution < 1.29 is 19.1 Å². The quantitative estimate of drug-likeness (QED) is 0.802. The Morgan fingerprint density at radius 3 is 2.20 bits per heavy atom. The molecule has 1 aliphatic rings. The molecular weight excluding hydrogens is 322 g/mol. The van der Waals surface area contributed by atoms with Gasteiger partial charge in [0.05, 0.1) is 0 Å². The second kappa shape index (κ2) is 8.00. The lowest BCUT2D eigenvalue weighted by molar-refractivity contribution is -0.127. The minimum absolute atomic E-state index is 0.241. The van der Waals surface area contributed by atoms with Gasteiger partial charge in [-0.15, -0.1) is 0 Å². The van der Waals surface area contributed by atoms with Gasteiger partial charge in [-0.3, -0.25) is 20.4 Å². The van der Waals surface area contributed by atoms with Crippen molar-refractivity contribution in [2.75, 3.05) is 13.1 Å². The van der Waals surface area contributed by atoms with Crippen molar-refractivity contribution >= 4 is 17.9 Å². The van der Waals surface area contributed by atoms with Crippen LogP contribution in [0.25, 0.3) is 0 Å². The number of nitrogens with one attached hydrogen (secondary N) is 2. The number of carbonyl (C=O) groups is 3. The second-order valence-electron chi connectivity index (χ2n) is 7.05. The van der Waals surface area contributed by atoms with Crippen LogP contribution >= 0.6 is 0 Å². The number of piperidine rings is 1. The van der Waals surface area contributed by atoms with E-state index >= 15 is 0 Å². The number of hydrogen-bond donors (Lipinski definition) is 2. The minimum atomic E-state index is -0.535. The molecule has 2 N–H and O–H groups in total. The van der Waals surface area contributed by atoms with Crippen LogP contribution in [0.2, 0.25) is 0 Å². The molecule has 3 amide bonds. The van der Waals surface area contributed by atoms with E-state index in [4.69, 9.17) is 4.74 Å². The number of benzene rings is 1. The van der Waals surface area contributed by atoms with Gasteiger partial charge in [-0.1, -0.05) is 18.2 Å². The van der Waals surface area contributed by atoms with Gasteiger partial charge in [0.25, 0.3) is 5.91 Å². The van der Waals surface area contributed by atoms with Gasteiger partial charge >= 0.3 is 6.09 Å². The molecule has 7 nitrogen and oxygen atoms in total. The van der Waals surface area contributed by atoms with Crippen molar-refractivity contribution in [3.8, 4) is 0 Å². The molecule has 1 aromatic rings. The molecule has 25 heavy (non-hydrogen) atoms. The molecule has 136 valence electrons. The molecule has 1 aromatic carbocycles. The number of hydrazine groups is 1. The van der Waals surface area contributed by atoms with Crippen molar-refractivity contribution in [2.24, 2.45) is 5.92 Å². The zero-order valence-electron chi connectivity index (χ0n) is 14.9. The highest BCUT2D eigenvalue weighted by atomic mass is 16.6. The molecule has 0 atom stereocenters. The molecule has 0 spiro atoms. The third-order valence-corrected chi connectivity index (χ3v) is 3.85. The Labute approximate surface area is 147 Å². The molecule has 0 saturated carbocycles. The molecule has 1 fully saturated rings. The van der Waals surface area contributed by atoms with E-state index in [1.54, 1.807) is 29.2 Å². The molecule has 0 bridgehead atoms. The second-order valence-corrected chi connectivity index (χ2v) is 7.05. The summed E-state index contributed by atoms with van der Waals surface area (Å²) in [7, 11) is 0. The topological polar surface area (TPSA) is 87.7 Å². The number of hydrogen-bond acceptors (Lipinski definition) is 4. The van der Waals surface area contributed by atoms with E-state index in [2.05, 4.69) is 10.9 Å². The maximum Gasteiger partial charge on any atom is 0.410 e. The van der Waals surface area contributed by atoms with Crippen molar-refractivity contribution in [3.05, 3.63) is 35.9 Å². The van der Waals surface area contributed by atoms with Crippen LogP contribution < -0.4 is 10.9 Å². The van der Waals surface area contributed by atoms with Crippen LogP contribution in [-0.2, 0) is 9.53 Å². The van der Waals surface area contributed by atoms with Crippen LogP contribution in [0.3, 0.4) is 0 Å². The van der Waals surface area contributed by atoms with E-state index in [1.165, 1.54) is 0 Å². The van der Waals surface area contributed by atoms with Gasteiger partial charge in [-0.05, 0) is 45.7 Å². The highest BCUT2D eigenvalue weighted by Crippen LogP contribution is 2.19. The largest absolute Gasteiger partial charge is 0.444 e. The fourth-order valence-electron chi connectivity index (χ4n) is 2.53. The Morgan fingerprint density at radius 2 is 1.64 bits per heavy atom. The molecule has 0 aliphatic carbocycles. The summed E-state index contributed by atoms with van der Waals surface area (Å²) >= 11 is 0. The third kappa shape index (κ3) is 5.77. The van der Waals surface area contributed by atoms with Crippen molar-refractivity contribution in [1.29, 1.82) is 0 Å². The summed E-state index contributed by atoms with van der Waals surface area (Å²) in [6.07, 6.45) is 0.710. The lowest BCUT2D eigenvalue weighted by Gasteiger charge is -2.32. The Hall–Kier alpha value is -2.57. The number of ether oxygens (including phenoxy) is 1. The van der Waals surface area contributed by atoms with E-state index in [0.717, 1.165) is 0 Å². The molecule has 7 heteroatoms. The molecule has 0 aromatic heterocycles. The van der Waals surface area contributed by atoms with Crippen molar-refractivity contribution in [3.63, 3.8) is 0 Å². The number of nitrogens with zero attached hydrogens (tertiary/aromatic N) is 1. The molecule has 0 radical (unpaired) electrons. The average molecular weight is 347 g/mol. The normalized spacial score (nSPS) is 15.4. The average Bonchev–Trinajstić information content (AvgIpc) is 2.58. The maximum atomic E-state index is 12.2. The molecular formula is C18H25N3O4. The van der Waals surface area contributed by atoms with E-state index in [-0.39, 0.29) is 23.8 Å².